The van der Waals surface area contributed by atoms with Crippen LogP contribution in [0.25, 0.3) is 16.6 Å². The van der Waals surface area contributed by atoms with Crippen LogP contribution in [-0.4, -0.2) is 34.5 Å². The maximum atomic E-state index is 5.85. The van der Waals surface area contributed by atoms with E-state index in [2.05, 4.69) is 57.5 Å². The van der Waals surface area contributed by atoms with Crippen LogP contribution in [0.2, 0.25) is 0 Å². The number of pyridine rings is 1. The minimum absolute atomic E-state index is 0.573. The molecule has 1 aromatic carbocycles. The number of rotatable bonds is 4. The van der Waals surface area contributed by atoms with E-state index < -0.39 is 0 Å². The second-order valence-electron chi connectivity index (χ2n) is 6.35. The monoisotopic (exact) mass is 318 g/mol. The van der Waals surface area contributed by atoms with Gasteiger partial charge in [-0.15, -0.1) is 0 Å². The van der Waals surface area contributed by atoms with Crippen molar-refractivity contribution in [1.82, 2.24) is 14.9 Å². The second kappa shape index (κ2) is 6.49. The van der Waals surface area contributed by atoms with E-state index in [-0.39, 0.29) is 0 Å². The Labute approximate surface area is 142 Å². The standard InChI is InChI=1S/C20H22N4/c21-19-7-6-18-20(23-19)17(14-22-18)16-9-12-24(13-10-16)11-8-15-4-2-1-3-5-15/h1-7,9,14,22H,8,10-13H2,(H2,21,23). The average molecular weight is 318 g/mol. The molecule has 0 bridgehead atoms. The number of nitrogen functional groups attached to an aromatic ring is 1. The molecule has 0 aliphatic carbocycles. The number of nitrogens with zero attached hydrogens (tertiary/aromatic N) is 2. The largest absolute Gasteiger partial charge is 0.384 e. The minimum Gasteiger partial charge on any atom is -0.384 e. The Morgan fingerprint density at radius 3 is 2.79 bits per heavy atom. The molecule has 2 aromatic heterocycles. The minimum atomic E-state index is 0.573. The summed E-state index contributed by atoms with van der Waals surface area (Å²) in [6, 6.07) is 14.5. The lowest BCUT2D eigenvalue weighted by Crippen LogP contribution is -2.30. The summed E-state index contributed by atoms with van der Waals surface area (Å²) in [5.41, 5.74) is 11.8. The third kappa shape index (κ3) is 3.05. The third-order valence-corrected chi connectivity index (χ3v) is 4.74. The number of benzene rings is 1. The van der Waals surface area contributed by atoms with Crippen molar-refractivity contribution in [3.05, 3.63) is 65.9 Å². The summed E-state index contributed by atoms with van der Waals surface area (Å²) in [5, 5.41) is 0. The van der Waals surface area contributed by atoms with Gasteiger partial charge in [0.2, 0.25) is 0 Å². The molecular formula is C20H22N4. The number of hydrogen-bond donors (Lipinski definition) is 2. The number of aromatic nitrogens is 2. The normalized spacial score (nSPS) is 15.6. The number of H-pyrrole nitrogens is 1. The molecule has 3 N–H and O–H groups in total. The molecule has 4 nitrogen and oxygen atoms in total. The molecule has 3 heterocycles. The highest BCUT2D eigenvalue weighted by atomic mass is 15.1. The van der Waals surface area contributed by atoms with E-state index in [1.54, 1.807) is 0 Å². The Morgan fingerprint density at radius 2 is 2.00 bits per heavy atom. The van der Waals surface area contributed by atoms with Gasteiger partial charge in [0.05, 0.1) is 11.0 Å². The number of fused-ring (bicyclic) bond motifs is 1. The van der Waals surface area contributed by atoms with E-state index in [0.29, 0.717) is 5.82 Å². The average Bonchev–Trinajstić information content (AvgIpc) is 3.04. The zero-order valence-electron chi connectivity index (χ0n) is 13.7. The first-order chi connectivity index (χ1) is 11.8. The first-order valence-corrected chi connectivity index (χ1v) is 8.49. The molecule has 122 valence electrons. The summed E-state index contributed by atoms with van der Waals surface area (Å²) in [7, 11) is 0. The summed E-state index contributed by atoms with van der Waals surface area (Å²) in [6.07, 6.45) is 6.55. The van der Waals surface area contributed by atoms with Gasteiger partial charge in [-0.3, -0.25) is 4.90 Å². The Bertz CT molecular complexity index is 864. The van der Waals surface area contributed by atoms with Crippen molar-refractivity contribution in [2.75, 3.05) is 25.4 Å². The summed E-state index contributed by atoms with van der Waals surface area (Å²) >= 11 is 0. The number of aromatic amines is 1. The second-order valence-corrected chi connectivity index (χ2v) is 6.35. The molecule has 0 spiro atoms. The maximum absolute atomic E-state index is 5.85. The van der Waals surface area contributed by atoms with Crippen molar-refractivity contribution in [3.63, 3.8) is 0 Å². The molecule has 0 unspecified atom stereocenters. The number of anilines is 1. The van der Waals surface area contributed by atoms with Crippen LogP contribution >= 0.6 is 0 Å². The zero-order chi connectivity index (χ0) is 16.4. The van der Waals surface area contributed by atoms with Crippen LogP contribution in [0.15, 0.2) is 54.7 Å². The molecule has 0 fully saturated rings. The van der Waals surface area contributed by atoms with Gasteiger partial charge in [-0.2, -0.15) is 0 Å². The van der Waals surface area contributed by atoms with Gasteiger partial charge < -0.3 is 10.7 Å². The molecule has 0 saturated heterocycles. The first-order valence-electron chi connectivity index (χ1n) is 8.49. The third-order valence-electron chi connectivity index (χ3n) is 4.74. The van der Waals surface area contributed by atoms with E-state index in [1.807, 2.05) is 12.1 Å². The maximum Gasteiger partial charge on any atom is 0.124 e. The molecular weight excluding hydrogens is 296 g/mol. The molecule has 0 saturated carbocycles. The fraction of sp³-hybridized carbons (Fsp3) is 0.250. The Kier molecular flexibility index (Phi) is 4.05. The summed E-state index contributed by atoms with van der Waals surface area (Å²) in [4.78, 5) is 10.3. The van der Waals surface area contributed by atoms with Crippen LogP contribution in [0.1, 0.15) is 17.5 Å². The van der Waals surface area contributed by atoms with Gasteiger partial charge in [0.15, 0.2) is 0 Å². The van der Waals surface area contributed by atoms with Crippen molar-refractivity contribution >= 4 is 22.4 Å². The summed E-state index contributed by atoms with van der Waals surface area (Å²) in [5.74, 6) is 0.573. The van der Waals surface area contributed by atoms with Crippen molar-refractivity contribution in [1.29, 1.82) is 0 Å². The lowest BCUT2D eigenvalue weighted by atomic mass is 10.0. The smallest absolute Gasteiger partial charge is 0.124 e. The fourth-order valence-electron chi connectivity index (χ4n) is 3.35. The Hall–Kier alpha value is -2.59. The molecule has 3 aromatic rings. The van der Waals surface area contributed by atoms with Gasteiger partial charge in [-0.1, -0.05) is 36.4 Å². The van der Waals surface area contributed by atoms with Crippen LogP contribution in [-0.2, 0) is 6.42 Å². The highest BCUT2D eigenvalue weighted by Gasteiger charge is 2.16. The molecule has 1 aliphatic rings. The highest BCUT2D eigenvalue weighted by Crippen LogP contribution is 2.28. The van der Waals surface area contributed by atoms with Crippen LogP contribution in [0.5, 0.6) is 0 Å². The van der Waals surface area contributed by atoms with Gasteiger partial charge in [-0.25, -0.2) is 4.98 Å². The number of nitrogens with one attached hydrogen (secondary N) is 1. The molecule has 1 aliphatic heterocycles. The van der Waals surface area contributed by atoms with E-state index in [9.17, 15) is 0 Å². The van der Waals surface area contributed by atoms with Crippen LogP contribution < -0.4 is 5.73 Å². The fourth-order valence-corrected chi connectivity index (χ4v) is 3.35. The Morgan fingerprint density at radius 1 is 1.12 bits per heavy atom. The molecule has 0 atom stereocenters. The molecule has 24 heavy (non-hydrogen) atoms. The molecule has 4 rings (SSSR count). The molecule has 4 heteroatoms. The molecule has 0 amide bonds. The Balaban J connectivity index is 1.45. The van der Waals surface area contributed by atoms with Gasteiger partial charge in [0.25, 0.3) is 0 Å². The number of nitrogens with two attached hydrogens (primary N) is 1. The van der Waals surface area contributed by atoms with Crippen LogP contribution in [0.3, 0.4) is 0 Å². The predicted molar refractivity (Wildman–Crippen MR) is 99.7 cm³/mol. The van der Waals surface area contributed by atoms with Crippen LogP contribution in [0.4, 0.5) is 5.82 Å². The quantitative estimate of drug-likeness (QED) is 0.774. The van der Waals surface area contributed by atoms with Crippen molar-refractivity contribution in [3.8, 4) is 0 Å². The van der Waals surface area contributed by atoms with Crippen LogP contribution in [0, 0.1) is 0 Å². The van der Waals surface area contributed by atoms with Gasteiger partial charge >= 0.3 is 0 Å². The number of hydrogen-bond acceptors (Lipinski definition) is 3. The first kappa shape index (κ1) is 15.0. The van der Waals surface area contributed by atoms with E-state index >= 15 is 0 Å². The topological polar surface area (TPSA) is 57.9 Å². The van der Waals surface area contributed by atoms with Crippen molar-refractivity contribution in [2.45, 2.75) is 12.8 Å². The van der Waals surface area contributed by atoms with Crippen molar-refractivity contribution in [2.24, 2.45) is 0 Å². The van der Waals surface area contributed by atoms with E-state index in [4.69, 9.17) is 5.73 Å². The lowest BCUT2D eigenvalue weighted by Gasteiger charge is -2.26. The molecule has 0 radical (unpaired) electrons. The van der Waals surface area contributed by atoms with E-state index in [0.717, 1.165) is 43.5 Å². The summed E-state index contributed by atoms with van der Waals surface area (Å²) < 4.78 is 0. The highest BCUT2D eigenvalue weighted by molar-refractivity contribution is 5.90. The zero-order valence-corrected chi connectivity index (χ0v) is 13.7. The lowest BCUT2D eigenvalue weighted by molar-refractivity contribution is 0.306. The SMILES string of the molecule is Nc1ccc2[nH]cc(C3=CCN(CCc4ccccc4)CC3)c2n1. The van der Waals surface area contributed by atoms with E-state index in [1.165, 1.54) is 16.7 Å². The van der Waals surface area contributed by atoms with Crippen molar-refractivity contribution < 1.29 is 0 Å². The van der Waals surface area contributed by atoms with Gasteiger partial charge in [-0.05, 0) is 36.1 Å². The summed E-state index contributed by atoms with van der Waals surface area (Å²) in [6.45, 7) is 3.19. The van der Waals surface area contributed by atoms with Gasteiger partial charge in [0.1, 0.15) is 5.82 Å². The predicted octanol–water partition coefficient (Wildman–Crippen LogP) is 3.48. The van der Waals surface area contributed by atoms with Gasteiger partial charge in [0, 0.05) is 31.4 Å².